The minimum atomic E-state index is -3.84. The number of nitrogens with one attached hydrogen (secondary N) is 2. The van der Waals surface area contributed by atoms with Crippen LogP contribution in [0.25, 0.3) is 0 Å². The number of amides is 1. The number of rotatable bonds is 7. The number of hydrogen-bond acceptors (Lipinski definition) is 5. The Morgan fingerprint density at radius 1 is 1.15 bits per heavy atom. The van der Waals surface area contributed by atoms with Crippen LogP contribution in [0.4, 0.5) is 5.69 Å². The molecule has 1 aromatic heterocycles. The number of halogens is 1. The van der Waals surface area contributed by atoms with Crippen LogP contribution < -0.4 is 14.8 Å². The van der Waals surface area contributed by atoms with Crippen LogP contribution in [0.3, 0.4) is 0 Å². The SMILES string of the molecule is COc1ccc(NC(=O)[C@@H](NS(=O)(=O)c2ccc(Br)cc2)C(C)C)cn1. The van der Waals surface area contributed by atoms with Gasteiger partial charge in [-0.3, -0.25) is 4.79 Å². The van der Waals surface area contributed by atoms with E-state index in [0.29, 0.717) is 11.6 Å². The van der Waals surface area contributed by atoms with Gasteiger partial charge in [-0.2, -0.15) is 4.72 Å². The molecule has 0 saturated carbocycles. The van der Waals surface area contributed by atoms with Crippen molar-refractivity contribution in [1.82, 2.24) is 9.71 Å². The highest BCUT2D eigenvalue weighted by Gasteiger charge is 2.28. The molecular weight excluding hydrogens is 422 g/mol. The number of pyridine rings is 1. The molecule has 1 amide bonds. The van der Waals surface area contributed by atoms with Crippen LogP contribution >= 0.6 is 15.9 Å². The van der Waals surface area contributed by atoms with Crippen molar-refractivity contribution in [2.45, 2.75) is 24.8 Å². The Balaban J connectivity index is 2.16. The normalized spacial score (nSPS) is 12.7. The summed E-state index contributed by atoms with van der Waals surface area (Å²) in [6.45, 7) is 3.53. The first-order chi connectivity index (χ1) is 12.2. The Hall–Kier alpha value is -1.97. The van der Waals surface area contributed by atoms with Gasteiger partial charge in [-0.05, 0) is 36.2 Å². The Bertz CT molecular complexity index is 853. The smallest absolute Gasteiger partial charge is 0.242 e. The summed E-state index contributed by atoms with van der Waals surface area (Å²) in [5, 5.41) is 2.67. The van der Waals surface area contributed by atoms with Crippen molar-refractivity contribution in [2.24, 2.45) is 5.92 Å². The van der Waals surface area contributed by atoms with Gasteiger partial charge in [0.1, 0.15) is 6.04 Å². The van der Waals surface area contributed by atoms with Gasteiger partial charge in [0, 0.05) is 10.5 Å². The van der Waals surface area contributed by atoms with Gasteiger partial charge in [0.2, 0.25) is 21.8 Å². The van der Waals surface area contributed by atoms with Gasteiger partial charge in [-0.25, -0.2) is 13.4 Å². The maximum absolute atomic E-state index is 12.6. The van der Waals surface area contributed by atoms with Crippen LogP contribution in [0.1, 0.15) is 13.8 Å². The van der Waals surface area contributed by atoms with Gasteiger partial charge in [-0.15, -0.1) is 0 Å². The van der Waals surface area contributed by atoms with Crippen LogP contribution in [-0.4, -0.2) is 32.5 Å². The Morgan fingerprint density at radius 2 is 1.81 bits per heavy atom. The van der Waals surface area contributed by atoms with E-state index in [4.69, 9.17) is 4.74 Å². The first-order valence-electron chi connectivity index (χ1n) is 7.81. The third-order valence-electron chi connectivity index (χ3n) is 3.57. The van der Waals surface area contributed by atoms with E-state index >= 15 is 0 Å². The molecule has 1 aromatic carbocycles. The average molecular weight is 442 g/mol. The van der Waals surface area contributed by atoms with Gasteiger partial charge in [0.15, 0.2) is 0 Å². The van der Waals surface area contributed by atoms with E-state index in [1.807, 2.05) is 0 Å². The summed E-state index contributed by atoms with van der Waals surface area (Å²) < 4.78 is 33.3. The summed E-state index contributed by atoms with van der Waals surface area (Å²) in [4.78, 5) is 16.7. The molecule has 0 aliphatic rings. The summed E-state index contributed by atoms with van der Waals surface area (Å²) >= 11 is 3.26. The number of ether oxygens (including phenoxy) is 1. The second-order valence-corrected chi connectivity index (χ2v) is 8.51. The van der Waals surface area contributed by atoms with Crippen molar-refractivity contribution in [3.63, 3.8) is 0 Å². The molecule has 9 heteroatoms. The zero-order chi connectivity index (χ0) is 19.3. The predicted molar refractivity (Wildman–Crippen MR) is 103 cm³/mol. The number of hydrogen-bond donors (Lipinski definition) is 2. The van der Waals surface area contributed by atoms with E-state index in [1.54, 1.807) is 38.1 Å². The number of carbonyl (C=O) groups is 1. The highest BCUT2D eigenvalue weighted by atomic mass is 79.9. The molecule has 7 nitrogen and oxygen atoms in total. The van der Waals surface area contributed by atoms with Gasteiger partial charge >= 0.3 is 0 Å². The molecule has 1 atom stereocenters. The number of nitrogens with zero attached hydrogens (tertiary/aromatic N) is 1. The minimum Gasteiger partial charge on any atom is -0.481 e. The van der Waals surface area contributed by atoms with Crippen LogP contribution in [0.2, 0.25) is 0 Å². The van der Waals surface area contributed by atoms with Gasteiger partial charge in [0.25, 0.3) is 0 Å². The summed E-state index contributed by atoms with van der Waals surface area (Å²) in [6.07, 6.45) is 1.44. The average Bonchev–Trinajstić information content (AvgIpc) is 2.60. The molecule has 0 unspecified atom stereocenters. The molecule has 2 N–H and O–H groups in total. The third-order valence-corrected chi connectivity index (χ3v) is 5.55. The monoisotopic (exact) mass is 441 g/mol. The number of methoxy groups -OCH3 is 1. The van der Waals surface area contributed by atoms with Crippen molar-refractivity contribution in [3.8, 4) is 5.88 Å². The maximum atomic E-state index is 12.6. The van der Waals surface area contributed by atoms with E-state index in [-0.39, 0.29) is 10.8 Å². The summed E-state index contributed by atoms with van der Waals surface area (Å²) in [6, 6.07) is 8.48. The van der Waals surface area contributed by atoms with E-state index in [1.165, 1.54) is 25.4 Å². The Kier molecular flexibility index (Phi) is 6.74. The number of benzene rings is 1. The van der Waals surface area contributed by atoms with Gasteiger partial charge in [0.05, 0.1) is 23.9 Å². The zero-order valence-corrected chi connectivity index (χ0v) is 17.0. The molecule has 0 radical (unpaired) electrons. The lowest BCUT2D eigenvalue weighted by Gasteiger charge is -2.21. The third kappa shape index (κ3) is 5.26. The summed E-state index contributed by atoms with van der Waals surface area (Å²) in [5.74, 6) is -0.307. The molecular formula is C17H20BrN3O4S. The van der Waals surface area contributed by atoms with Crippen molar-refractivity contribution >= 4 is 37.5 Å². The fraction of sp³-hybridized carbons (Fsp3) is 0.294. The highest BCUT2D eigenvalue weighted by molar-refractivity contribution is 9.10. The van der Waals surface area contributed by atoms with E-state index in [0.717, 1.165) is 4.47 Å². The van der Waals surface area contributed by atoms with Crippen LogP contribution in [0, 0.1) is 5.92 Å². The second-order valence-electron chi connectivity index (χ2n) is 5.88. The molecule has 1 heterocycles. The molecule has 0 aliphatic heterocycles. The first kappa shape index (κ1) is 20.3. The van der Waals surface area contributed by atoms with E-state index in [2.05, 4.69) is 31.0 Å². The summed E-state index contributed by atoms with van der Waals surface area (Å²) in [5.41, 5.74) is 0.448. The topological polar surface area (TPSA) is 97.4 Å². The number of sulfonamides is 1. The number of aromatic nitrogens is 1. The van der Waals surface area contributed by atoms with Gasteiger partial charge < -0.3 is 10.1 Å². The van der Waals surface area contributed by atoms with Crippen molar-refractivity contribution in [3.05, 3.63) is 47.1 Å². The lowest BCUT2D eigenvalue weighted by molar-refractivity contribution is -0.118. The second kappa shape index (κ2) is 8.61. The van der Waals surface area contributed by atoms with Crippen LogP contribution in [0.5, 0.6) is 5.88 Å². The van der Waals surface area contributed by atoms with Crippen molar-refractivity contribution in [1.29, 1.82) is 0 Å². The standard InChI is InChI=1S/C17H20BrN3O4S/c1-11(2)16(17(22)20-13-6-9-15(25-3)19-10-13)21-26(23,24)14-7-4-12(18)5-8-14/h4-11,16,21H,1-3H3,(H,20,22)/t16-/m0/s1. The molecule has 2 aromatic rings. The van der Waals surface area contributed by atoms with Gasteiger partial charge in [-0.1, -0.05) is 29.8 Å². The highest BCUT2D eigenvalue weighted by Crippen LogP contribution is 2.17. The minimum absolute atomic E-state index is 0.0882. The zero-order valence-electron chi connectivity index (χ0n) is 14.6. The molecule has 2 rings (SSSR count). The molecule has 140 valence electrons. The molecule has 0 fully saturated rings. The maximum Gasteiger partial charge on any atom is 0.242 e. The quantitative estimate of drug-likeness (QED) is 0.688. The largest absolute Gasteiger partial charge is 0.481 e. The lowest BCUT2D eigenvalue weighted by atomic mass is 10.1. The van der Waals surface area contributed by atoms with E-state index in [9.17, 15) is 13.2 Å². The Morgan fingerprint density at radius 3 is 2.31 bits per heavy atom. The molecule has 0 aliphatic carbocycles. The molecule has 0 bridgehead atoms. The fourth-order valence-electron chi connectivity index (χ4n) is 2.14. The Labute approximate surface area is 161 Å². The van der Waals surface area contributed by atoms with Crippen LogP contribution in [0.15, 0.2) is 52.0 Å². The molecule has 0 saturated heterocycles. The molecule has 0 spiro atoms. The predicted octanol–water partition coefficient (Wildman–Crippen LogP) is 2.79. The molecule has 26 heavy (non-hydrogen) atoms. The van der Waals surface area contributed by atoms with Crippen molar-refractivity contribution < 1.29 is 17.9 Å². The van der Waals surface area contributed by atoms with Crippen molar-refractivity contribution in [2.75, 3.05) is 12.4 Å². The summed E-state index contributed by atoms with van der Waals surface area (Å²) in [7, 11) is -2.34. The first-order valence-corrected chi connectivity index (χ1v) is 10.1. The number of carbonyl (C=O) groups excluding carboxylic acids is 1. The van der Waals surface area contributed by atoms with E-state index < -0.39 is 22.0 Å². The fourth-order valence-corrected chi connectivity index (χ4v) is 3.74. The lowest BCUT2D eigenvalue weighted by Crippen LogP contribution is -2.47. The van der Waals surface area contributed by atoms with Crippen LogP contribution in [-0.2, 0) is 14.8 Å². The number of anilines is 1.